The quantitative estimate of drug-likeness (QED) is 0.457. The lowest BCUT2D eigenvalue weighted by molar-refractivity contribution is -0.00772. The highest BCUT2D eigenvalue weighted by atomic mass is 16.5. The highest BCUT2D eigenvalue weighted by Gasteiger charge is 2.46. The van der Waals surface area contributed by atoms with Gasteiger partial charge in [-0.1, -0.05) is 25.2 Å². The molecule has 4 nitrogen and oxygen atoms in total. The molecule has 0 unspecified atom stereocenters. The predicted octanol–water partition coefficient (Wildman–Crippen LogP) is 4.38. The molecule has 2 bridgehead atoms. The van der Waals surface area contributed by atoms with Gasteiger partial charge in [-0.3, -0.25) is 4.90 Å². The van der Waals surface area contributed by atoms with Gasteiger partial charge in [-0.05, 0) is 74.5 Å². The van der Waals surface area contributed by atoms with Crippen molar-refractivity contribution in [1.29, 1.82) is 0 Å². The average molecular weight is 344 g/mol. The third-order valence-electron chi connectivity index (χ3n) is 6.58. The van der Waals surface area contributed by atoms with Crippen molar-refractivity contribution in [3.05, 3.63) is 36.1 Å². The monoisotopic (exact) mass is 344 g/mol. The second-order valence-electron chi connectivity index (χ2n) is 8.12. The molecule has 1 saturated carbocycles. The molecule has 0 aromatic carbocycles. The maximum absolute atomic E-state index is 9.02. The van der Waals surface area contributed by atoms with Crippen LogP contribution in [0.1, 0.15) is 45.4 Å². The van der Waals surface area contributed by atoms with E-state index in [-0.39, 0.29) is 5.41 Å². The Morgan fingerprint density at radius 1 is 1.44 bits per heavy atom. The van der Waals surface area contributed by atoms with Crippen molar-refractivity contribution in [3.8, 4) is 0 Å². The Hall–Kier alpha value is -1.55. The van der Waals surface area contributed by atoms with E-state index in [0.717, 1.165) is 49.5 Å². The van der Waals surface area contributed by atoms with Crippen LogP contribution in [0.5, 0.6) is 0 Å². The third kappa shape index (κ3) is 4.17. The zero-order chi connectivity index (χ0) is 17.9. The molecule has 3 atom stereocenters. The minimum atomic E-state index is 0.117. The summed E-state index contributed by atoms with van der Waals surface area (Å²) < 4.78 is 5.52. The van der Waals surface area contributed by atoms with E-state index >= 15 is 0 Å². The van der Waals surface area contributed by atoms with Crippen LogP contribution < -0.4 is 0 Å². The molecule has 4 heteroatoms. The molecule has 3 aliphatic rings. The number of nitrogens with zero attached hydrogens (tertiary/aromatic N) is 2. The lowest BCUT2D eigenvalue weighted by atomic mass is 9.62. The number of fused-ring (bicyclic) bond motifs is 2. The van der Waals surface area contributed by atoms with Crippen molar-refractivity contribution in [1.82, 2.24) is 4.90 Å². The van der Waals surface area contributed by atoms with Crippen LogP contribution in [0.3, 0.4) is 0 Å². The molecule has 0 radical (unpaired) electrons. The maximum Gasteiger partial charge on any atom is 0.114 e. The van der Waals surface area contributed by atoms with Crippen molar-refractivity contribution in [2.75, 3.05) is 20.2 Å². The van der Waals surface area contributed by atoms with E-state index in [1.54, 1.807) is 13.3 Å². The summed E-state index contributed by atoms with van der Waals surface area (Å²) in [5.74, 6) is 2.31. The standard InChI is InChI=1S/C21H32N2O2/c1-16-4-7-19(25-3)8-9-21(10-12-22-24)11-13-23(15-18-5-6-18)20(14-16)17(21)2/h4,7-8,12,17-18,20,24H,1,5-6,9-11,13-15H2,2-3H3/b7-4-,19-8+,22-12+/t17-,20+,21+/m0/s1. The highest BCUT2D eigenvalue weighted by Crippen LogP contribution is 2.48. The summed E-state index contributed by atoms with van der Waals surface area (Å²) >= 11 is 0. The zero-order valence-corrected chi connectivity index (χ0v) is 15.7. The fourth-order valence-electron chi connectivity index (χ4n) is 4.59. The summed E-state index contributed by atoms with van der Waals surface area (Å²) in [4.78, 5) is 2.71. The second-order valence-corrected chi connectivity index (χ2v) is 8.12. The summed E-state index contributed by atoms with van der Waals surface area (Å²) in [6, 6.07) is 0.510. The average Bonchev–Trinajstić information content (AvgIpc) is 3.42. The van der Waals surface area contributed by atoms with Crippen molar-refractivity contribution in [2.24, 2.45) is 22.4 Å². The Morgan fingerprint density at radius 3 is 2.92 bits per heavy atom. The molecule has 1 saturated heterocycles. The van der Waals surface area contributed by atoms with E-state index in [1.165, 1.54) is 19.4 Å². The normalized spacial score (nSPS) is 37.5. The Bertz CT molecular complexity index is 576. The lowest BCUT2D eigenvalue weighted by Crippen LogP contribution is -2.54. The second kappa shape index (κ2) is 7.77. The first-order chi connectivity index (χ1) is 12.1. The van der Waals surface area contributed by atoms with E-state index in [4.69, 9.17) is 9.94 Å². The Morgan fingerprint density at radius 2 is 2.24 bits per heavy atom. The molecule has 0 aromatic heterocycles. The summed E-state index contributed by atoms with van der Waals surface area (Å²) in [5, 5.41) is 12.3. The first-order valence-electron chi connectivity index (χ1n) is 9.58. The van der Waals surface area contributed by atoms with E-state index in [2.05, 4.69) is 35.7 Å². The Balaban J connectivity index is 1.91. The largest absolute Gasteiger partial charge is 0.497 e. The Kier molecular flexibility index (Phi) is 5.67. The van der Waals surface area contributed by atoms with Gasteiger partial charge < -0.3 is 9.94 Å². The molecule has 2 fully saturated rings. The summed E-state index contributed by atoms with van der Waals surface area (Å²) in [6.07, 6.45) is 14.7. The van der Waals surface area contributed by atoms with Gasteiger partial charge in [0.15, 0.2) is 0 Å². The zero-order valence-electron chi connectivity index (χ0n) is 15.7. The van der Waals surface area contributed by atoms with Crippen molar-refractivity contribution in [2.45, 2.75) is 51.5 Å². The molecule has 0 aromatic rings. The van der Waals surface area contributed by atoms with Crippen LogP contribution >= 0.6 is 0 Å². The SMILES string of the molecule is C=C1/C=C\C(OC)=C/C[C@@]2(C/C=N/O)CCN(CC3CC3)[C@H](C1)[C@@H]2C. The summed E-state index contributed by atoms with van der Waals surface area (Å²) in [7, 11) is 1.72. The molecule has 1 aliphatic heterocycles. The molecular formula is C21H32N2O2. The molecule has 0 spiro atoms. The number of hydrogen-bond donors (Lipinski definition) is 1. The Labute approximate surface area is 151 Å². The van der Waals surface area contributed by atoms with Gasteiger partial charge in [0.2, 0.25) is 0 Å². The molecule has 25 heavy (non-hydrogen) atoms. The van der Waals surface area contributed by atoms with Gasteiger partial charge in [0.1, 0.15) is 5.76 Å². The van der Waals surface area contributed by atoms with Crippen molar-refractivity contribution in [3.63, 3.8) is 0 Å². The molecule has 1 heterocycles. The van der Waals surface area contributed by atoms with E-state index in [1.807, 2.05) is 6.08 Å². The molecule has 2 aliphatic carbocycles. The summed E-state index contributed by atoms with van der Waals surface area (Å²) in [5.41, 5.74) is 1.28. The van der Waals surface area contributed by atoms with E-state index in [0.29, 0.717) is 12.0 Å². The number of oxime groups is 1. The van der Waals surface area contributed by atoms with Gasteiger partial charge in [-0.2, -0.15) is 0 Å². The van der Waals surface area contributed by atoms with Gasteiger partial charge in [-0.15, -0.1) is 5.16 Å². The highest BCUT2D eigenvalue weighted by molar-refractivity contribution is 5.57. The molecular weight excluding hydrogens is 312 g/mol. The topological polar surface area (TPSA) is 45.1 Å². The number of rotatable bonds is 5. The van der Waals surface area contributed by atoms with Crippen molar-refractivity contribution >= 4 is 6.21 Å². The number of methoxy groups -OCH3 is 1. The molecule has 1 N–H and O–H groups in total. The maximum atomic E-state index is 9.02. The van der Waals surface area contributed by atoms with Crippen LogP contribution in [0.2, 0.25) is 0 Å². The van der Waals surface area contributed by atoms with Gasteiger partial charge in [-0.25, -0.2) is 0 Å². The minimum absolute atomic E-state index is 0.117. The number of likely N-dealkylation sites (tertiary alicyclic amines) is 1. The first kappa shape index (κ1) is 18.2. The van der Waals surface area contributed by atoms with Crippen LogP contribution in [0.25, 0.3) is 0 Å². The van der Waals surface area contributed by atoms with E-state index < -0.39 is 0 Å². The van der Waals surface area contributed by atoms with Crippen LogP contribution in [0.15, 0.2) is 41.3 Å². The van der Waals surface area contributed by atoms with Gasteiger partial charge in [0.25, 0.3) is 0 Å². The van der Waals surface area contributed by atoms with Crippen LogP contribution in [0.4, 0.5) is 0 Å². The van der Waals surface area contributed by atoms with Crippen LogP contribution in [-0.4, -0.2) is 42.6 Å². The fraction of sp³-hybridized carbons (Fsp3) is 0.667. The number of allylic oxidation sites excluding steroid dienone is 3. The van der Waals surface area contributed by atoms with E-state index in [9.17, 15) is 0 Å². The fourth-order valence-corrected chi connectivity index (χ4v) is 4.59. The molecule has 3 rings (SSSR count). The molecule has 138 valence electrons. The predicted molar refractivity (Wildman–Crippen MR) is 102 cm³/mol. The number of ether oxygens (including phenoxy) is 1. The van der Waals surface area contributed by atoms with Gasteiger partial charge >= 0.3 is 0 Å². The van der Waals surface area contributed by atoms with Gasteiger partial charge in [0, 0.05) is 18.8 Å². The van der Waals surface area contributed by atoms with Crippen LogP contribution in [0, 0.1) is 17.3 Å². The van der Waals surface area contributed by atoms with Gasteiger partial charge in [0.05, 0.1) is 7.11 Å². The smallest absolute Gasteiger partial charge is 0.114 e. The van der Waals surface area contributed by atoms with Crippen molar-refractivity contribution < 1.29 is 9.94 Å². The number of piperidine rings is 1. The minimum Gasteiger partial charge on any atom is -0.497 e. The third-order valence-corrected chi connectivity index (χ3v) is 6.58. The number of hydrogen-bond acceptors (Lipinski definition) is 4. The first-order valence-corrected chi connectivity index (χ1v) is 9.58. The lowest BCUT2D eigenvalue weighted by Gasteiger charge is -2.52. The molecule has 0 amide bonds. The summed E-state index contributed by atoms with van der Waals surface area (Å²) in [6.45, 7) is 9.03. The van der Waals surface area contributed by atoms with Crippen LogP contribution in [-0.2, 0) is 4.74 Å².